The molecule has 0 spiro atoms. The lowest BCUT2D eigenvalue weighted by atomic mass is 10.1. The van der Waals surface area contributed by atoms with Gasteiger partial charge in [-0.25, -0.2) is 0 Å². The molecule has 1 aromatic carbocycles. The molecule has 0 aliphatic carbocycles. The molecule has 0 saturated heterocycles. The van der Waals surface area contributed by atoms with E-state index in [-0.39, 0.29) is 5.78 Å². The molecule has 0 radical (unpaired) electrons. The fourth-order valence-electron chi connectivity index (χ4n) is 2.07. The van der Waals surface area contributed by atoms with Crippen molar-refractivity contribution in [1.82, 2.24) is 0 Å². The first-order chi connectivity index (χ1) is 9.22. The molecule has 1 heterocycles. The molecule has 0 unspecified atom stereocenters. The minimum absolute atomic E-state index is 0.0417. The van der Waals surface area contributed by atoms with Gasteiger partial charge in [0, 0.05) is 11.8 Å². The largest absolute Gasteiger partial charge is 0.451 e. The van der Waals surface area contributed by atoms with Gasteiger partial charge >= 0.3 is 0 Å². The number of hydrogen-bond donors (Lipinski definition) is 1. The second-order valence-corrected chi connectivity index (χ2v) is 5.05. The lowest BCUT2D eigenvalue weighted by Crippen LogP contribution is -1.99. The Balaban J connectivity index is 1.96. The van der Waals surface area contributed by atoms with Crippen LogP contribution in [0.25, 0.3) is 11.0 Å². The summed E-state index contributed by atoms with van der Waals surface area (Å²) in [5.74, 6) is 0.446. The maximum absolute atomic E-state index is 12.0. The molecule has 0 bridgehead atoms. The maximum atomic E-state index is 12.0. The van der Waals surface area contributed by atoms with Crippen molar-refractivity contribution < 1.29 is 9.21 Å². The molecule has 4 heteroatoms. The third kappa shape index (κ3) is 3.58. The van der Waals surface area contributed by atoms with Gasteiger partial charge in [-0.15, -0.1) is 0 Å². The van der Waals surface area contributed by atoms with Crippen LogP contribution in [0.1, 0.15) is 42.7 Å². The zero-order valence-corrected chi connectivity index (χ0v) is 11.6. The van der Waals surface area contributed by atoms with Crippen LogP contribution >= 0.6 is 11.6 Å². The van der Waals surface area contributed by atoms with Crippen LogP contribution < -0.4 is 5.73 Å². The number of rotatable bonds is 7. The van der Waals surface area contributed by atoms with Gasteiger partial charge in [0.05, 0.1) is 5.02 Å². The number of carbonyl (C=O) groups excluding carboxylic acids is 1. The number of ketones is 1. The van der Waals surface area contributed by atoms with E-state index in [1.54, 1.807) is 12.1 Å². The molecule has 3 nitrogen and oxygen atoms in total. The van der Waals surface area contributed by atoms with E-state index in [9.17, 15) is 4.79 Å². The first-order valence-electron chi connectivity index (χ1n) is 6.63. The minimum Gasteiger partial charge on any atom is -0.451 e. The Morgan fingerprint density at radius 3 is 2.74 bits per heavy atom. The normalized spacial score (nSPS) is 11.1. The number of carbonyl (C=O) groups is 1. The van der Waals surface area contributed by atoms with E-state index in [2.05, 4.69) is 0 Å². The monoisotopic (exact) mass is 279 g/mol. The van der Waals surface area contributed by atoms with E-state index in [4.69, 9.17) is 21.8 Å². The van der Waals surface area contributed by atoms with Crippen LogP contribution in [-0.4, -0.2) is 12.3 Å². The second-order valence-electron chi connectivity index (χ2n) is 4.64. The van der Waals surface area contributed by atoms with E-state index in [0.717, 1.165) is 37.6 Å². The highest BCUT2D eigenvalue weighted by molar-refractivity contribution is 6.34. The average molecular weight is 280 g/mol. The molecule has 102 valence electrons. The van der Waals surface area contributed by atoms with E-state index < -0.39 is 0 Å². The number of halogens is 1. The summed E-state index contributed by atoms with van der Waals surface area (Å²) in [6.45, 7) is 0.718. The third-order valence-electron chi connectivity index (χ3n) is 3.13. The van der Waals surface area contributed by atoms with Crippen molar-refractivity contribution in [3.63, 3.8) is 0 Å². The summed E-state index contributed by atoms with van der Waals surface area (Å²) in [6, 6.07) is 7.27. The second kappa shape index (κ2) is 6.73. The van der Waals surface area contributed by atoms with Gasteiger partial charge in [-0.05, 0) is 31.5 Å². The molecule has 2 N–H and O–H groups in total. The van der Waals surface area contributed by atoms with Gasteiger partial charge in [0.25, 0.3) is 0 Å². The van der Waals surface area contributed by atoms with E-state index in [1.165, 1.54) is 0 Å². The topological polar surface area (TPSA) is 56.2 Å². The number of Topliss-reactive ketones (excluding diaryl/α,β-unsaturated/α-hetero) is 1. The summed E-state index contributed by atoms with van der Waals surface area (Å²) < 4.78 is 5.54. The predicted octanol–water partition coefficient (Wildman–Crippen LogP) is 4.18. The van der Waals surface area contributed by atoms with E-state index in [1.807, 2.05) is 12.1 Å². The summed E-state index contributed by atoms with van der Waals surface area (Å²) in [4.78, 5) is 12.0. The number of fused-ring (bicyclic) bond motifs is 1. The Morgan fingerprint density at radius 1 is 1.21 bits per heavy atom. The molecule has 0 fully saturated rings. The quantitative estimate of drug-likeness (QED) is 0.611. The highest BCUT2D eigenvalue weighted by atomic mass is 35.5. The minimum atomic E-state index is 0.0417. The summed E-state index contributed by atoms with van der Waals surface area (Å²) in [7, 11) is 0. The van der Waals surface area contributed by atoms with Gasteiger partial charge < -0.3 is 10.2 Å². The Morgan fingerprint density at radius 2 is 2.00 bits per heavy atom. The van der Waals surface area contributed by atoms with Gasteiger partial charge in [-0.2, -0.15) is 0 Å². The van der Waals surface area contributed by atoms with Crippen molar-refractivity contribution in [2.75, 3.05) is 6.54 Å². The lowest BCUT2D eigenvalue weighted by Gasteiger charge is -1.98. The Kier molecular flexibility index (Phi) is 5.00. The molecular formula is C15H18ClNO2. The average Bonchev–Trinajstić information content (AvgIpc) is 2.84. The van der Waals surface area contributed by atoms with Crippen molar-refractivity contribution in [2.24, 2.45) is 5.73 Å². The molecule has 0 amide bonds. The molecule has 2 aromatic rings. The van der Waals surface area contributed by atoms with Crippen molar-refractivity contribution in [2.45, 2.75) is 32.1 Å². The molecule has 0 aliphatic heterocycles. The van der Waals surface area contributed by atoms with Crippen LogP contribution in [0.15, 0.2) is 28.7 Å². The van der Waals surface area contributed by atoms with Crippen molar-refractivity contribution in [3.8, 4) is 0 Å². The van der Waals surface area contributed by atoms with Crippen LogP contribution in [0, 0.1) is 0 Å². The standard InChI is InChI=1S/C15H18ClNO2/c16-12-7-5-6-11-10-14(19-15(11)12)13(18)8-3-1-2-4-9-17/h5-7,10H,1-4,8-9,17H2. The molecular weight excluding hydrogens is 262 g/mol. The number of furan rings is 1. The lowest BCUT2D eigenvalue weighted by molar-refractivity contribution is 0.0954. The Bertz CT molecular complexity index is 562. The van der Waals surface area contributed by atoms with Crippen LogP contribution in [-0.2, 0) is 0 Å². The molecule has 0 aliphatic rings. The van der Waals surface area contributed by atoms with Crippen LogP contribution in [0.4, 0.5) is 0 Å². The zero-order valence-electron chi connectivity index (χ0n) is 10.8. The van der Waals surface area contributed by atoms with Gasteiger partial charge in [0.2, 0.25) is 0 Å². The first-order valence-corrected chi connectivity index (χ1v) is 7.01. The van der Waals surface area contributed by atoms with Crippen LogP contribution in [0.5, 0.6) is 0 Å². The Labute approximate surface area is 117 Å². The maximum Gasteiger partial charge on any atom is 0.198 e. The number of hydrogen-bond acceptors (Lipinski definition) is 3. The van der Waals surface area contributed by atoms with Crippen molar-refractivity contribution in [3.05, 3.63) is 35.0 Å². The molecule has 0 saturated carbocycles. The summed E-state index contributed by atoms with van der Waals surface area (Å²) in [6.07, 6.45) is 4.53. The smallest absolute Gasteiger partial charge is 0.198 e. The number of unbranched alkanes of at least 4 members (excludes halogenated alkanes) is 3. The van der Waals surface area contributed by atoms with Crippen LogP contribution in [0.2, 0.25) is 5.02 Å². The van der Waals surface area contributed by atoms with Crippen LogP contribution in [0.3, 0.4) is 0 Å². The van der Waals surface area contributed by atoms with E-state index in [0.29, 0.717) is 22.8 Å². The molecule has 1 aromatic heterocycles. The summed E-state index contributed by atoms with van der Waals surface area (Å²) >= 11 is 6.02. The highest BCUT2D eigenvalue weighted by Crippen LogP contribution is 2.27. The highest BCUT2D eigenvalue weighted by Gasteiger charge is 2.13. The van der Waals surface area contributed by atoms with E-state index >= 15 is 0 Å². The number of para-hydroxylation sites is 1. The SMILES string of the molecule is NCCCCCCC(=O)c1cc2cccc(Cl)c2o1. The molecule has 0 atom stereocenters. The Hall–Kier alpha value is -1.32. The van der Waals surface area contributed by atoms with Crippen molar-refractivity contribution >= 4 is 28.4 Å². The summed E-state index contributed by atoms with van der Waals surface area (Å²) in [5.41, 5.74) is 6.02. The van der Waals surface area contributed by atoms with Gasteiger partial charge in [0.15, 0.2) is 17.1 Å². The fraction of sp³-hybridized carbons (Fsp3) is 0.400. The molecule has 2 rings (SSSR count). The first kappa shape index (κ1) is 14.1. The zero-order chi connectivity index (χ0) is 13.7. The molecule has 19 heavy (non-hydrogen) atoms. The summed E-state index contributed by atoms with van der Waals surface area (Å²) in [5, 5.41) is 1.42. The van der Waals surface area contributed by atoms with Gasteiger partial charge in [-0.3, -0.25) is 4.79 Å². The van der Waals surface area contributed by atoms with Gasteiger partial charge in [0.1, 0.15) is 0 Å². The third-order valence-corrected chi connectivity index (χ3v) is 3.43. The van der Waals surface area contributed by atoms with Gasteiger partial charge in [-0.1, -0.05) is 36.6 Å². The predicted molar refractivity (Wildman–Crippen MR) is 77.7 cm³/mol. The fourth-order valence-corrected chi connectivity index (χ4v) is 2.29. The number of benzene rings is 1. The van der Waals surface area contributed by atoms with Crippen molar-refractivity contribution in [1.29, 1.82) is 0 Å². The number of nitrogens with two attached hydrogens (primary N) is 1.